The van der Waals surface area contributed by atoms with Crippen LogP contribution in [0.4, 0.5) is 0 Å². The average Bonchev–Trinajstić information content (AvgIpc) is 2.16. The molecule has 0 aliphatic rings. The lowest BCUT2D eigenvalue weighted by atomic mass is 10.1. The molecule has 0 aliphatic carbocycles. The second-order valence-electron chi connectivity index (χ2n) is 3.27. The van der Waals surface area contributed by atoms with Gasteiger partial charge in [-0.3, -0.25) is 0 Å². The summed E-state index contributed by atoms with van der Waals surface area (Å²) in [6.07, 6.45) is 0. The van der Waals surface area contributed by atoms with Gasteiger partial charge in [-0.05, 0) is 30.7 Å². The zero-order valence-corrected chi connectivity index (χ0v) is 9.99. The van der Waals surface area contributed by atoms with Crippen LogP contribution in [0.25, 0.3) is 0 Å². The lowest BCUT2D eigenvalue weighted by Gasteiger charge is -2.11. The van der Waals surface area contributed by atoms with Crippen molar-refractivity contribution in [2.75, 3.05) is 18.1 Å². The topological polar surface area (TPSA) is 9.23 Å². The minimum atomic E-state index is 0.810. The number of rotatable bonds is 5. The van der Waals surface area contributed by atoms with Crippen molar-refractivity contribution in [2.24, 2.45) is 0 Å². The smallest absolute Gasteiger partial charge is 0.125 e. The lowest BCUT2D eigenvalue weighted by molar-refractivity contribution is 0.339. The van der Waals surface area contributed by atoms with Gasteiger partial charge >= 0.3 is 0 Å². The van der Waals surface area contributed by atoms with Crippen molar-refractivity contribution in [1.29, 1.82) is 0 Å². The summed E-state index contributed by atoms with van der Waals surface area (Å²) in [5.41, 5.74) is 2.46. The van der Waals surface area contributed by atoms with Gasteiger partial charge in [0.25, 0.3) is 0 Å². The molecule has 0 bridgehead atoms. The van der Waals surface area contributed by atoms with Gasteiger partial charge < -0.3 is 4.74 Å². The molecule has 1 nitrogen and oxygen atoms in total. The van der Waals surface area contributed by atoms with Crippen LogP contribution in [0, 0.1) is 13.8 Å². The first-order valence-corrected chi connectivity index (χ1v) is 6.18. The van der Waals surface area contributed by atoms with E-state index in [1.165, 1.54) is 11.1 Å². The second kappa shape index (κ2) is 5.97. The largest absolute Gasteiger partial charge is 0.492 e. The van der Waals surface area contributed by atoms with Crippen LogP contribution in [0.15, 0.2) is 18.2 Å². The van der Waals surface area contributed by atoms with Crippen molar-refractivity contribution in [3.63, 3.8) is 0 Å². The molecular formula is C12H18OS. The van der Waals surface area contributed by atoms with E-state index in [0.717, 1.165) is 23.9 Å². The fraction of sp³-hybridized carbons (Fsp3) is 0.500. The molecule has 1 rings (SSSR count). The Labute approximate surface area is 90.9 Å². The maximum atomic E-state index is 5.75. The number of para-hydroxylation sites is 1. The molecule has 78 valence electrons. The van der Waals surface area contributed by atoms with E-state index in [4.69, 9.17) is 4.74 Å². The van der Waals surface area contributed by atoms with Crippen molar-refractivity contribution in [2.45, 2.75) is 20.8 Å². The SMILES string of the molecule is CCSCCOc1c(C)cccc1C. The molecular weight excluding hydrogens is 192 g/mol. The molecule has 0 N–H and O–H groups in total. The van der Waals surface area contributed by atoms with Crippen molar-refractivity contribution < 1.29 is 4.74 Å². The van der Waals surface area contributed by atoms with Crippen LogP contribution in [-0.4, -0.2) is 18.1 Å². The van der Waals surface area contributed by atoms with Crippen LogP contribution in [0.5, 0.6) is 5.75 Å². The van der Waals surface area contributed by atoms with Crippen molar-refractivity contribution in [3.05, 3.63) is 29.3 Å². The fourth-order valence-electron chi connectivity index (χ4n) is 1.37. The molecule has 0 aromatic heterocycles. The Kier molecular flexibility index (Phi) is 4.88. The molecule has 1 aromatic rings. The molecule has 14 heavy (non-hydrogen) atoms. The summed E-state index contributed by atoms with van der Waals surface area (Å²) in [6.45, 7) is 7.17. The van der Waals surface area contributed by atoms with E-state index in [1.54, 1.807) is 0 Å². The Balaban J connectivity index is 2.49. The highest BCUT2D eigenvalue weighted by Gasteiger charge is 2.01. The molecule has 1 aromatic carbocycles. The summed E-state index contributed by atoms with van der Waals surface area (Å²) < 4.78 is 5.75. The second-order valence-corrected chi connectivity index (χ2v) is 4.66. The van der Waals surface area contributed by atoms with Crippen LogP contribution in [-0.2, 0) is 0 Å². The van der Waals surface area contributed by atoms with E-state index in [1.807, 2.05) is 11.8 Å². The van der Waals surface area contributed by atoms with Gasteiger partial charge in [-0.2, -0.15) is 11.8 Å². The number of benzene rings is 1. The summed E-state index contributed by atoms with van der Waals surface area (Å²) in [7, 11) is 0. The van der Waals surface area contributed by atoms with E-state index in [9.17, 15) is 0 Å². The molecule has 0 saturated heterocycles. The minimum Gasteiger partial charge on any atom is -0.492 e. The molecule has 0 atom stereocenters. The van der Waals surface area contributed by atoms with Gasteiger partial charge in [-0.1, -0.05) is 25.1 Å². The maximum Gasteiger partial charge on any atom is 0.125 e. The van der Waals surface area contributed by atoms with Gasteiger partial charge in [0, 0.05) is 5.75 Å². The standard InChI is InChI=1S/C12H18OS/c1-4-14-9-8-13-12-10(2)6-5-7-11(12)3/h5-7H,4,8-9H2,1-3H3. The Morgan fingerprint density at radius 1 is 1.21 bits per heavy atom. The Bertz CT molecular complexity index is 263. The van der Waals surface area contributed by atoms with E-state index in [2.05, 4.69) is 39.0 Å². The van der Waals surface area contributed by atoms with Crippen LogP contribution in [0.1, 0.15) is 18.1 Å². The van der Waals surface area contributed by atoms with E-state index in [-0.39, 0.29) is 0 Å². The van der Waals surface area contributed by atoms with Gasteiger partial charge in [-0.15, -0.1) is 0 Å². The predicted molar refractivity (Wildman–Crippen MR) is 64.4 cm³/mol. The van der Waals surface area contributed by atoms with Crippen LogP contribution < -0.4 is 4.74 Å². The van der Waals surface area contributed by atoms with Crippen molar-refractivity contribution >= 4 is 11.8 Å². The third-order valence-electron chi connectivity index (χ3n) is 2.09. The molecule has 0 unspecified atom stereocenters. The van der Waals surface area contributed by atoms with Gasteiger partial charge in [0.2, 0.25) is 0 Å². The number of thioether (sulfide) groups is 1. The molecule has 0 amide bonds. The number of hydrogen-bond donors (Lipinski definition) is 0. The molecule has 0 radical (unpaired) electrons. The highest BCUT2D eigenvalue weighted by atomic mass is 32.2. The van der Waals surface area contributed by atoms with Crippen molar-refractivity contribution in [3.8, 4) is 5.75 Å². The fourth-order valence-corrected chi connectivity index (χ4v) is 1.86. The summed E-state index contributed by atoms with van der Waals surface area (Å²) in [4.78, 5) is 0. The van der Waals surface area contributed by atoms with E-state index in [0.29, 0.717) is 0 Å². The summed E-state index contributed by atoms with van der Waals surface area (Å²) in [5.74, 6) is 3.30. The zero-order chi connectivity index (χ0) is 10.4. The van der Waals surface area contributed by atoms with Crippen molar-refractivity contribution in [1.82, 2.24) is 0 Å². The van der Waals surface area contributed by atoms with Gasteiger partial charge in [-0.25, -0.2) is 0 Å². The minimum absolute atomic E-state index is 0.810. The molecule has 0 spiro atoms. The third-order valence-corrected chi connectivity index (χ3v) is 2.95. The van der Waals surface area contributed by atoms with Crippen LogP contribution in [0.2, 0.25) is 0 Å². The average molecular weight is 210 g/mol. The first-order valence-electron chi connectivity index (χ1n) is 5.02. The summed E-state index contributed by atoms with van der Waals surface area (Å²) in [5, 5.41) is 0. The van der Waals surface area contributed by atoms with Gasteiger partial charge in [0.15, 0.2) is 0 Å². The van der Waals surface area contributed by atoms with E-state index >= 15 is 0 Å². The quantitative estimate of drug-likeness (QED) is 0.689. The Hall–Kier alpha value is -0.630. The first kappa shape index (κ1) is 11.4. The summed E-state index contributed by atoms with van der Waals surface area (Å²) >= 11 is 1.91. The zero-order valence-electron chi connectivity index (χ0n) is 9.17. The molecule has 0 aliphatic heterocycles. The number of hydrogen-bond acceptors (Lipinski definition) is 2. The number of aryl methyl sites for hydroxylation is 2. The van der Waals surface area contributed by atoms with Gasteiger partial charge in [0.05, 0.1) is 6.61 Å². The molecule has 2 heteroatoms. The monoisotopic (exact) mass is 210 g/mol. The van der Waals surface area contributed by atoms with Gasteiger partial charge in [0.1, 0.15) is 5.75 Å². The molecule has 0 saturated carbocycles. The predicted octanol–water partition coefficient (Wildman–Crippen LogP) is 3.44. The highest BCUT2D eigenvalue weighted by molar-refractivity contribution is 7.99. The maximum absolute atomic E-state index is 5.75. The van der Waals surface area contributed by atoms with E-state index < -0.39 is 0 Å². The normalized spacial score (nSPS) is 10.2. The molecule has 0 fully saturated rings. The Morgan fingerprint density at radius 3 is 2.43 bits per heavy atom. The Morgan fingerprint density at radius 2 is 1.86 bits per heavy atom. The van der Waals surface area contributed by atoms with Crippen LogP contribution >= 0.6 is 11.8 Å². The first-order chi connectivity index (χ1) is 6.75. The highest BCUT2D eigenvalue weighted by Crippen LogP contribution is 2.22. The number of ether oxygens (including phenoxy) is 1. The van der Waals surface area contributed by atoms with Crippen LogP contribution in [0.3, 0.4) is 0 Å². The lowest BCUT2D eigenvalue weighted by Crippen LogP contribution is -2.02. The third kappa shape index (κ3) is 3.26. The summed E-state index contributed by atoms with van der Waals surface area (Å²) in [6, 6.07) is 6.25. The molecule has 0 heterocycles.